The molecule has 0 saturated heterocycles. The summed E-state index contributed by atoms with van der Waals surface area (Å²) in [6.07, 6.45) is 1.35. The normalized spacial score (nSPS) is 10.9. The van der Waals surface area contributed by atoms with E-state index in [1.165, 1.54) is 6.21 Å². The Hall–Kier alpha value is -2.01. The summed E-state index contributed by atoms with van der Waals surface area (Å²) in [5, 5.41) is 5.18. The van der Waals surface area contributed by atoms with E-state index >= 15 is 0 Å². The van der Waals surface area contributed by atoms with Crippen molar-refractivity contribution in [3.63, 3.8) is 0 Å². The van der Waals surface area contributed by atoms with Crippen molar-refractivity contribution >= 4 is 34.3 Å². The highest BCUT2D eigenvalue weighted by atomic mass is 32.1. The van der Waals surface area contributed by atoms with Crippen LogP contribution >= 0.6 is 12.2 Å². The second-order valence-electron chi connectivity index (χ2n) is 3.42. The van der Waals surface area contributed by atoms with E-state index in [9.17, 15) is 4.39 Å². The average Bonchev–Trinajstić information content (AvgIpc) is 2.32. The lowest BCUT2D eigenvalue weighted by atomic mass is 10.1. The number of hydrogen-bond donors (Lipinski definition) is 2. The molecule has 2 aromatic carbocycles. The van der Waals surface area contributed by atoms with Crippen molar-refractivity contribution in [2.45, 2.75) is 0 Å². The summed E-state index contributed by atoms with van der Waals surface area (Å²) in [5.41, 5.74) is 7.96. The van der Waals surface area contributed by atoms with Crippen molar-refractivity contribution in [1.29, 1.82) is 0 Å². The highest BCUT2D eigenvalue weighted by Gasteiger charge is 2.04. The lowest BCUT2D eigenvalue weighted by Gasteiger charge is -2.02. The zero-order valence-corrected chi connectivity index (χ0v) is 9.67. The third kappa shape index (κ3) is 2.57. The van der Waals surface area contributed by atoms with Crippen LogP contribution in [0.1, 0.15) is 5.56 Å². The van der Waals surface area contributed by atoms with Crippen molar-refractivity contribution < 1.29 is 4.39 Å². The summed E-state index contributed by atoms with van der Waals surface area (Å²) in [6.45, 7) is 0. The van der Waals surface area contributed by atoms with Crippen molar-refractivity contribution in [2.24, 2.45) is 10.8 Å². The Kier molecular flexibility index (Phi) is 3.30. The van der Waals surface area contributed by atoms with Crippen LogP contribution in [0.25, 0.3) is 10.8 Å². The van der Waals surface area contributed by atoms with Gasteiger partial charge in [0, 0.05) is 10.9 Å². The lowest BCUT2D eigenvalue weighted by Crippen LogP contribution is -2.24. The maximum Gasteiger partial charge on any atom is 0.184 e. The summed E-state index contributed by atoms with van der Waals surface area (Å²) >= 11 is 4.58. The van der Waals surface area contributed by atoms with Crippen molar-refractivity contribution in [2.75, 3.05) is 0 Å². The third-order valence-corrected chi connectivity index (χ3v) is 2.36. The Morgan fingerprint density at radius 1 is 1.29 bits per heavy atom. The quantitative estimate of drug-likeness (QED) is 0.485. The van der Waals surface area contributed by atoms with E-state index in [0.717, 1.165) is 5.39 Å². The van der Waals surface area contributed by atoms with Crippen LogP contribution in [-0.2, 0) is 0 Å². The van der Waals surface area contributed by atoms with E-state index in [1.54, 1.807) is 18.2 Å². The predicted molar refractivity (Wildman–Crippen MR) is 71.4 cm³/mol. The number of nitrogens with one attached hydrogen (secondary N) is 1. The first-order valence-electron chi connectivity index (χ1n) is 4.94. The molecule has 0 aliphatic rings. The largest absolute Gasteiger partial charge is 0.375 e. The summed E-state index contributed by atoms with van der Waals surface area (Å²) < 4.78 is 14.0. The van der Waals surface area contributed by atoms with E-state index in [0.29, 0.717) is 10.9 Å². The molecule has 3 nitrogen and oxygen atoms in total. The number of rotatable bonds is 2. The molecule has 0 aliphatic heterocycles. The van der Waals surface area contributed by atoms with E-state index in [4.69, 9.17) is 5.73 Å². The Morgan fingerprint density at radius 2 is 2.06 bits per heavy atom. The first-order chi connectivity index (χ1) is 8.18. The average molecular weight is 247 g/mol. The van der Waals surface area contributed by atoms with Gasteiger partial charge in [-0.05, 0) is 23.7 Å². The van der Waals surface area contributed by atoms with Crippen LogP contribution in [0.3, 0.4) is 0 Å². The van der Waals surface area contributed by atoms with Crippen LogP contribution in [0.15, 0.2) is 41.5 Å². The minimum atomic E-state index is -0.309. The summed E-state index contributed by atoms with van der Waals surface area (Å²) in [5.74, 6) is -0.309. The SMILES string of the molecule is NC(=S)NN=Cc1ccc2ccccc2c1F. The minimum absolute atomic E-state index is 0.0439. The first-order valence-corrected chi connectivity index (χ1v) is 5.35. The second-order valence-corrected chi connectivity index (χ2v) is 3.86. The number of hydrogen-bond acceptors (Lipinski definition) is 2. The maximum absolute atomic E-state index is 14.0. The zero-order chi connectivity index (χ0) is 12.3. The number of nitrogens with two attached hydrogens (primary N) is 1. The standard InChI is InChI=1S/C12H10FN3S/c13-11-9(7-15-16-12(14)17)6-5-8-3-1-2-4-10(8)11/h1-7H,(H3,14,16,17). The molecule has 5 heteroatoms. The van der Waals surface area contributed by atoms with Crippen LogP contribution < -0.4 is 11.2 Å². The van der Waals surface area contributed by atoms with E-state index in [1.807, 2.05) is 18.2 Å². The van der Waals surface area contributed by atoms with Crippen LogP contribution in [0.4, 0.5) is 4.39 Å². The summed E-state index contributed by atoms with van der Waals surface area (Å²) in [7, 11) is 0. The number of benzene rings is 2. The molecule has 0 spiro atoms. The number of nitrogens with zero attached hydrogens (tertiary/aromatic N) is 1. The fraction of sp³-hybridized carbons (Fsp3) is 0. The van der Waals surface area contributed by atoms with Gasteiger partial charge in [0.05, 0.1) is 6.21 Å². The molecule has 2 rings (SSSR count). The van der Waals surface area contributed by atoms with Gasteiger partial charge in [0.1, 0.15) is 5.82 Å². The minimum Gasteiger partial charge on any atom is -0.375 e. The molecule has 0 amide bonds. The molecule has 0 aromatic heterocycles. The fourth-order valence-electron chi connectivity index (χ4n) is 1.52. The molecule has 0 aliphatic carbocycles. The molecule has 0 unspecified atom stereocenters. The van der Waals surface area contributed by atoms with Gasteiger partial charge in [-0.1, -0.05) is 30.3 Å². The summed E-state index contributed by atoms with van der Waals surface area (Å²) in [6, 6.07) is 10.7. The Balaban J connectivity index is 2.39. The monoisotopic (exact) mass is 247 g/mol. The third-order valence-electron chi connectivity index (χ3n) is 2.27. The Morgan fingerprint density at radius 3 is 2.82 bits per heavy atom. The van der Waals surface area contributed by atoms with E-state index in [2.05, 4.69) is 22.7 Å². The van der Waals surface area contributed by atoms with E-state index in [-0.39, 0.29) is 10.9 Å². The molecule has 3 N–H and O–H groups in total. The lowest BCUT2D eigenvalue weighted by molar-refractivity contribution is 0.638. The molecule has 0 bridgehead atoms. The molecule has 2 aromatic rings. The second kappa shape index (κ2) is 4.88. The van der Waals surface area contributed by atoms with Gasteiger partial charge in [-0.3, -0.25) is 5.43 Å². The molecular formula is C12H10FN3S. The van der Waals surface area contributed by atoms with Crippen molar-refractivity contribution in [1.82, 2.24) is 5.43 Å². The number of fused-ring (bicyclic) bond motifs is 1. The molecule has 17 heavy (non-hydrogen) atoms. The maximum atomic E-state index is 14.0. The van der Waals surface area contributed by atoms with Gasteiger partial charge in [0.25, 0.3) is 0 Å². The zero-order valence-electron chi connectivity index (χ0n) is 8.85. The molecule has 0 radical (unpaired) electrons. The summed E-state index contributed by atoms with van der Waals surface area (Å²) in [4.78, 5) is 0. The van der Waals surface area contributed by atoms with E-state index < -0.39 is 0 Å². The van der Waals surface area contributed by atoms with Gasteiger partial charge in [0.2, 0.25) is 0 Å². The van der Waals surface area contributed by atoms with Crippen molar-refractivity contribution in [3.05, 3.63) is 47.8 Å². The Bertz CT molecular complexity index is 595. The van der Waals surface area contributed by atoms with Gasteiger partial charge in [-0.2, -0.15) is 5.10 Å². The predicted octanol–water partition coefficient (Wildman–Crippen LogP) is 2.15. The van der Waals surface area contributed by atoms with Crippen LogP contribution in [0.2, 0.25) is 0 Å². The number of hydrazone groups is 1. The molecule has 0 atom stereocenters. The molecule has 0 heterocycles. The topological polar surface area (TPSA) is 50.4 Å². The van der Waals surface area contributed by atoms with Gasteiger partial charge in [0.15, 0.2) is 5.11 Å². The Labute approximate surface area is 103 Å². The molecule has 0 saturated carbocycles. The highest BCUT2D eigenvalue weighted by molar-refractivity contribution is 7.80. The smallest absolute Gasteiger partial charge is 0.184 e. The highest BCUT2D eigenvalue weighted by Crippen LogP contribution is 2.19. The first kappa shape index (κ1) is 11.5. The van der Waals surface area contributed by atoms with Crippen LogP contribution in [-0.4, -0.2) is 11.3 Å². The van der Waals surface area contributed by atoms with Gasteiger partial charge >= 0.3 is 0 Å². The molecule has 0 fully saturated rings. The van der Waals surface area contributed by atoms with Crippen LogP contribution in [0.5, 0.6) is 0 Å². The van der Waals surface area contributed by atoms with Gasteiger partial charge in [-0.15, -0.1) is 0 Å². The fourth-order valence-corrected chi connectivity index (χ4v) is 1.57. The van der Waals surface area contributed by atoms with Gasteiger partial charge in [-0.25, -0.2) is 4.39 Å². The molecule has 86 valence electrons. The van der Waals surface area contributed by atoms with Gasteiger partial charge < -0.3 is 5.73 Å². The number of thiocarbonyl (C=S) groups is 1. The van der Waals surface area contributed by atoms with Crippen LogP contribution in [0, 0.1) is 5.82 Å². The number of halogens is 1. The molecular weight excluding hydrogens is 237 g/mol. The van der Waals surface area contributed by atoms with Crippen molar-refractivity contribution in [3.8, 4) is 0 Å².